The van der Waals surface area contributed by atoms with Crippen LogP contribution in [0.2, 0.25) is 5.02 Å². The van der Waals surface area contributed by atoms with E-state index in [-0.39, 0.29) is 5.78 Å². The molecule has 1 unspecified atom stereocenters. The van der Waals surface area contributed by atoms with Gasteiger partial charge in [0.15, 0.2) is 0 Å². The van der Waals surface area contributed by atoms with Gasteiger partial charge >= 0.3 is 5.97 Å². The van der Waals surface area contributed by atoms with E-state index in [1.165, 1.54) is 14.0 Å². The molecule has 17 heavy (non-hydrogen) atoms. The van der Waals surface area contributed by atoms with Crippen molar-refractivity contribution < 1.29 is 14.3 Å². The second-order valence-corrected chi connectivity index (χ2v) is 4.90. The van der Waals surface area contributed by atoms with Gasteiger partial charge in [-0.3, -0.25) is 9.59 Å². The zero-order valence-electron chi connectivity index (χ0n) is 9.50. The molecule has 0 saturated carbocycles. The maximum atomic E-state index is 11.4. The van der Waals surface area contributed by atoms with Crippen molar-refractivity contribution in [2.24, 2.45) is 5.92 Å². The third kappa shape index (κ3) is 3.82. The number of Topliss-reactive ketones (excluding diaryl/α,β-unsaturated/α-hetero) is 1. The van der Waals surface area contributed by atoms with E-state index in [0.29, 0.717) is 11.4 Å². The van der Waals surface area contributed by atoms with E-state index in [0.717, 1.165) is 10.0 Å². The molecule has 3 nitrogen and oxygen atoms in total. The van der Waals surface area contributed by atoms with E-state index in [2.05, 4.69) is 20.7 Å². The molecule has 92 valence electrons. The molecular formula is C12H12BrClO3. The number of hydrogen-bond acceptors (Lipinski definition) is 3. The number of halogens is 2. The number of hydrogen-bond donors (Lipinski definition) is 0. The summed E-state index contributed by atoms with van der Waals surface area (Å²) in [5.41, 5.74) is 0.854. The highest BCUT2D eigenvalue weighted by molar-refractivity contribution is 9.10. The molecule has 0 saturated heterocycles. The van der Waals surface area contributed by atoms with Crippen molar-refractivity contribution in [3.63, 3.8) is 0 Å². The minimum atomic E-state index is -0.756. The standard InChI is InChI=1S/C12H12BrClO3/c1-7(15)9(12(16)17-2)5-8-3-4-11(14)10(13)6-8/h3-4,6,9H,5H2,1-2H3. The van der Waals surface area contributed by atoms with Crippen LogP contribution in [0.3, 0.4) is 0 Å². The molecule has 1 atom stereocenters. The van der Waals surface area contributed by atoms with Crippen molar-refractivity contribution >= 4 is 39.3 Å². The molecule has 0 bridgehead atoms. The predicted molar refractivity (Wildman–Crippen MR) is 69.0 cm³/mol. The van der Waals surface area contributed by atoms with Gasteiger partial charge in [-0.25, -0.2) is 0 Å². The second kappa shape index (κ2) is 6.17. The van der Waals surface area contributed by atoms with Gasteiger partial charge in [-0.15, -0.1) is 0 Å². The van der Waals surface area contributed by atoms with Crippen LogP contribution < -0.4 is 0 Å². The molecule has 0 aliphatic rings. The Balaban J connectivity index is 2.90. The highest BCUT2D eigenvalue weighted by Crippen LogP contribution is 2.24. The Labute approximate surface area is 113 Å². The van der Waals surface area contributed by atoms with Crippen molar-refractivity contribution in [3.05, 3.63) is 33.3 Å². The summed E-state index contributed by atoms with van der Waals surface area (Å²) >= 11 is 9.16. The molecule has 1 aromatic rings. The number of ketones is 1. The molecule has 0 fully saturated rings. The Morgan fingerprint density at radius 3 is 2.59 bits per heavy atom. The van der Waals surface area contributed by atoms with Gasteiger partial charge in [0.1, 0.15) is 11.7 Å². The van der Waals surface area contributed by atoms with Crippen LogP contribution >= 0.6 is 27.5 Å². The van der Waals surface area contributed by atoms with E-state index < -0.39 is 11.9 Å². The lowest BCUT2D eigenvalue weighted by molar-refractivity contribution is -0.148. The summed E-state index contributed by atoms with van der Waals surface area (Å²) in [7, 11) is 1.27. The SMILES string of the molecule is COC(=O)C(Cc1ccc(Cl)c(Br)c1)C(C)=O. The summed E-state index contributed by atoms with van der Waals surface area (Å²) in [4.78, 5) is 22.8. The highest BCUT2D eigenvalue weighted by atomic mass is 79.9. The summed E-state index contributed by atoms with van der Waals surface area (Å²) in [6, 6.07) is 5.29. The highest BCUT2D eigenvalue weighted by Gasteiger charge is 2.24. The average Bonchev–Trinajstić information content (AvgIpc) is 2.29. The minimum absolute atomic E-state index is 0.206. The van der Waals surface area contributed by atoms with Crippen molar-refractivity contribution in [1.82, 2.24) is 0 Å². The average molecular weight is 320 g/mol. The first-order valence-electron chi connectivity index (χ1n) is 4.98. The maximum Gasteiger partial charge on any atom is 0.316 e. The number of rotatable bonds is 4. The Bertz CT molecular complexity index is 445. The molecule has 0 aliphatic heterocycles. The van der Waals surface area contributed by atoms with Gasteiger partial charge in [0, 0.05) is 4.47 Å². The van der Waals surface area contributed by atoms with Crippen molar-refractivity contribution in [2.75, 3.05) is 7.11 Å². The minimum Gasteiger partial charge on any atom is -0.468 e. The fourth-order valence-corrected chi connectivity index (χ4v) is 1.98. The first-order chi connectivity index (χ1) is 7.95. The predicted octanol–water partition coefficient (Wildman–Crippen LogP) is 3.02. The largest absolute Gasteiger partial charge is 0.468 e. The number of carbonyl (C=O) groups excluding carboxylic acids is 2. The van der Waals surface area contributed by atoms with Crippen LogP contribution in [-0.2, 0) is 20.7 Å². The molecule has 0 heterocycles. The lowest BCUT2D eigenvalue weighted by atomic mass is 9.96. The molecule has 0 amide bonds. The Morgan fingerprint density at radius 1 is 1.47 bits per heavy atom. The molecule has 0 N–H and O–H groups in total. The second-order valence-electron chi connectivity index (χ2n) is 3.64. The summed E-state index contributed by atoms with van der Waals surface area (Å²) in [6.45, 7) is 1.38. The van der Waals surface area contributed by atoms with Gasteiger partial charge in [-0.05, 0) is 47.0 Å². The zero-order valence-corrected chi connectivity index (χ0v) is 11.8. The van der Waals surface area contributed by atoms with Crippen molar-refractivity contribution in [2.45, 2.75) is 13.3 Å². The number of methoxy groups -OCH3 is 1. The van der Waals surface area contributed by atoms with Gasteiger partial charge in [0.25, 0.3) is 0 Å². The van der Waals surface area contributed by atoms with Crippen LogP contribution in [0.1, 0.15) is 12.5 Å². The third-order valence-corrected chi connectivity index (χ3v) is 3.61. The molecule has 0 aliphatic carbocycles. The van der Waals surface area contributed by atoms with Crippen LogP contribution in [-0.4, -0.2) is 18.9 Å². The first-order valence-corrected chi connectivity index (χ1v) is 6.15. The fourth-order valence-electron chi connectivity index (χ4n) is 1.44. The van der Waals surface area contributed by atoms with Gasteiger partial charge in [0.2, 0.25) is 0 Å². The summed E-state index contributed by atoms with van der Waals surface area (Å²) in [6.07, 6.45) is 0.317. The summed E-state index contributed by atoms with van der Waals surface area (Å²) < 4.78 is 5.34. The van der Waals surface area contributed by atoms with Gasteiger partial charge in [0.05, 0.1) is 12.1 Å². The zero-order chi connectivity index (χ0) is 13.0. The third-order valence-electron chi connectivity index (χ3n) is 2.40. The molecule has 0 aromatic heterocycles. The van der Waals surface area contributed by atoms with Gasteiger partial charge in [-0.1, -0.05) is 17.7 Å². The van der Waals surface area contributed by atoms with Gasteiger partial charge in [-0.2, -0.15) is 0 Å². The van der Waals surface area contributed by atoms with Crippen molar-refractivity contribution in [1.29, 1.82) is 0 Å². The van der Waals surface area contributed by atoms with E-state index in [1.807, 2.05) is 0 Å². The van der Waals surface area contributed by atoms with Crippen LogP contribution in [0.15, 0.2) is 22.7 Å². The number of carbonyl (C=O) groups is 2. The molecule has 1 rings (SSSR count). The normalized spacial score (nSPS) is 12.0. The van der Waals surface area contributed by atoms with Crippen LogP contribution in [0.4, 0.5) is 0 Å². The van der Waals surface area contributed by atoms with E-state index in [1.54, 1.807) is 18.2 Å². The topological polar surface area (TPSA) is 43.4 Å². The molecule has 1 aromatic carbocycles. The quantitative estimate of drug-likeness (QED) is 0.633. The van der Waals surface area contributed by atoms with Crippen LogP contribution in [0, 0.1) is 5.92 Å². The monoisotopic (exact) mass is 318 g/mol. The summed E-state index contributed by atoms with van der Waals surface area (Å²) in [5.74, 6) is -1.47. The van der Waals surface area contributed by atoms with E-state index >= 15 is 0 Å². The van der Waals surface area contributed by atoms with Crippen molar-refractivity contribution in [3.8, 4) is 0 Å². The smallest absolute Gasteiger partial charge is 0.316 e. The fraction of sp³-hybridized carbons (Fsp3) is 0.333. The molecule has 0 spiro atoms. The first kappa shape index (κ1) is 14.2. The van der Waals surface area contributed by atoms with E-state index in [4.69, 9.17) is 11.6 Å². The molecular weight excluding hydrogens is 307 g/mol. The number of benzene rings is 1. The Morgan fingerprint density at radius 2 is 2.12 bits per heavy atom. The number of ether oxygens (including phenoxy) is 1. The Hall–Kier alpha value is -0.870. The maximum absolute atomic E-state index is 11.4. The van der Waals surface area contributed by atoms with Crippen LogP contribution in [0.5, 0.6) is 0 Å². The lowest BCUT2D eigenvalue weighted by Gasteiger charge is -2.11. The summed E-state index contributed by atoms with van der Waals surface area (Å²) in [5, 5.41) is 0.589. The van der Waals surface area contributed by atoms with Gasteiger partial charge < -0.3 is 4.74 Å². The molecule has 5 heteroatoms. The van der Waals surface area contributed by atoms with Crippen LogP contribution in [0.25, 0.3) is 0 Å². The lowest BCUT2D eigenvalue weighted by Crippen LogP contribution is -2.25. The number of esters is 1. The molecule has 0 radical (unpaired) electrons. The van der Waals surface area contributed by atoms with E-state index in [9.17, 15) is 9.59 Å². The Kier molecular flexibility index (Phi) is 5.15.